The lowest BCUT2D eigenvalue weighted by Gasteiger charge is -2.53. The summed E-state index contributed by atoms with van der Waals surface area (Å²) >= 11 is 0. The van der Waals surface area contributed by atoms with Crippen LogP contribution in [0.2, 0.25) is 0 Å². The van der Waals surface area contributed by atoms with E-state index in [4.69, 9.17) is 4.74 Å². The largest absolute Gasteiger partial charge is 0.393 e. The van der Waals surface area contributed by atoms with Crippen LogP contribution < -0.4 is 0 Å². The number of aliphatic hydroxyl groups excluding tert-OH is 1. The maximum Gasteiger partial charge on any atom is 0.123 e. The standard InChI is InChI=1S/C23H27FO2/c1-14-20-12-18(13-21(14)25)23(2,3)26-22(20)17-6-4-5-16(11-17)15-7-9-19(24)10-8-15/h4-11,14,18,20-22,25H,12-13H2,1-3H3/t14-,18-,20+,21-,22-/m0/s1. The number of benzene rings is 2. The Morgan fingerprint density at radius 3 is 2.50 bits per heavy atom. The molecule has 26 heavy (non-hydrogen) atoms. The van der Waals surface area contributed by atoms with E-state index in [1.807, 2.05) is 24.3 Å². The number of hydrogen-bond donors (Lipinski definition) is 1. The van der Waals surface area contributed by atoms with E-state index >= 15 is 0 Å². The minimum absolute atomic E-state index is 0.0217. The summed E-state index contributed by atoms with van der Waals surface area (Å²) in [5, 5.41) is 10.5. The molecule has 0 spiro atoms. The molecular weight excluding hydrogens is 327 g/mol. The van der Waals surface area contributed by atoms with Crippen molar-refractivity contribution in [3.63, 3.8) is 0 Å². The second kappa shape index (κ2) is 6.47. The Bertz CT molecular complexity index is 783. The van der Waals surface area contributed by atoms with Crippen molar-refractivity contribution in [3.05, 3.63) is 59.9 Å². The van der Waals surface area contributed by atoms with Crippen LogP contribution in [0.25, 0.3) is 11.1 Å². The number of fused-ring (bicyclic) bond motifs is 2. The number of aliphatic hydroxyl groups is 1. The van der Waals surface area contributed by atoms with Gasteiger partial charge in [0.05, 0.1) is 17.8 Å². The van der Waals surface area contributed by atoms with E-state index in [0.717, 1.165) is 29.5 Å². The van der Waals surface area contributed by atoms with Gasteiger partial charge < -0.3 is 9.84 Å². The lowest BCUT2D eigenvalue weighted by Crippen LogP contribution is -2.52. The molecule has 2 aromatic rings. The van der Waals surface area contributed by atoms with E-state index in [-0.39, 0.29) is 29.5 Å². The molecule has 138 valence electrons. The van der Waals surface area contributed by atoms with Gasteiger partial charge in [-0.05, 0) is 79.3 Å². The highest BCUT2D eigenvalue weighted by Gasteiger charge is 2.50. The van der Waals surface area contributed by atoms with Gasteiger partial charge in [0.1, 0.15) is 5.82 Å². The van der Waals surface area contributed by atoms with Crippen molar-refractivity contribution in [1.29, 1.82) is 0 Å². The van der Waals surface area contributed by atoms with E-state index < -0.39 is 0 Å². The summed E-state index contributed by atoms with van der Waals surface area (Å²) in [6.07, 6.45) is 1.64. The van der Waals surface area contributed by atoms with Crippen molar-refractivity contribution in [1.82, 2.24) is 0 Å². The van der Waals surface area contributed by atoms with Crippen molar-refractivity contribution >= 4 is 0 Å². The fraction of sp³-hybridized carbons (Fsp3) is 0.478. The lowest BCUT2D eigenvalue weighted by atomic mass is 9.63. The Balaban J connectivity index is 1.70. The van der Waals surface area contributed by atoms with Crippen LogP contribution in [-0.4, -0.2) is 16.8 Å². The first-order chi connectivity index (χ1) is 12.3. The van der Waals surface area contributed by atoms with Crippen LogP contribution in [0.15, 0.2) is 48.5 Å². The summed E-state index contributed by atoms with van der Waals surface area (Å²) in [6, 6.07) is 15.0. The predicted octanol–water partition coefficient (Wildman–Crippen LogP) is 5.37. The smallest absolute Gasteiger partial charge is 0.123 e. The predicted molar refractivity (Wildman–Crippen MR) is 101 cm³/mol. The molecule has 1 aliphatic carbocycles. The van der Waals surface area contributed by atoms with Gasteiger partial charge in [-0.3, -0.25) is 0 Å². The molecule has 4 rings (SSSR count). The summed E-state index contributed by atoms with van der Waals surface area (Å²) in [5.74, 6) is 0.718. The van der Waals surface area contributed by atoms with Gasteiger partial charge >= 0.3 is 0 Å². The van der Waals surface area contributed by atoms with E-state index in [1.54, 1.807) is 0 Å². The molecule has 2 aromatic carbocycles. The molecule has 2 fully saturated rings. The van der Waals surface area contributed by atoms with Gasteiger partial charge in [0.25, 0.3) is 0 Å². The minimum Gasteiger partial charge on any atom is -0.393 e. The van der Waals surface area contributed by atoms with Crippen LogP contribution in [0.3, 0.4) is 0 Å². The molecule has 2 bridgehead atoms. The summed E-state index contributed by atoms with van der Waals surface area (Å²) in [5.41, 5.74) is 2.96. The van der Waals surface area contributed by atoms with Gasteiger partial charge in [-0.2, -0.15) is 0 Å². The molecule has 0 amide bonds. The Labute approximate surface area is 155 Å². The fourth-order valence-corrected chi connectivity index (χ4v) is 4.76. The molecule has 0 unspecified atom stereocenters. The SMILES string of the molecule is C[C@H]1[C@H]2C[C@@H](C[C@@H]1O)C(C)(C)O[C@H]2c1cccc(-c2ccc(F)cc2)c1. The van der Waals surface area contributed by atoms with Gasteiger partial charge in [0.15, 0.2) is 0 Å². The highest BCUT2D eigenvalue weighted by molar-refractivity contribution is 5.64. The quantitative estimate of drug-likeness (QED) is 0.786. The van der Waals surface area contributed by atoms with Crippen molar-refractivity contribution < 1.29 is 14.2 Å². The van der Waals surface area contributed by atoms with E-state index in [0.29, 0.717) is 11.8 Å². The Morgan fingerprint density at radius 2 is 1.77 bits per heavy atom. The molecule has 1 saturated carbocycles. The van der Waals surface area contributed by atoms with Crippen molar-refractivity contribution in [2.24, 2.45) is 17.8 Å². The fourth-order valence-electron chi connectivity index (χ4n) is 4.76. The van der Waals surface area contributed by atoms with Crippen molar-refractivity contribution in [2.45, 2.75) is 51.4 Å². The summed E-state index contributed by atoms with van der Waals surface area (Å²) < 4.78 is 19.8. The van der Waals surface area contributed by atoms with Gasteiger partial charge in [-0.15, -0.1) is 0 Å². The van der Waals surface area contributed by atoms with Crippen LogP contribution in [-0.2, 0) is 4.74 Å². The zero-order valence-corrected chi connectivity index (χ0v) is 15.7. The van der Waals surface area contributed by atoms with Gasteiger partial charge in [-0.25, -0.2) is 4.39 Å². The topological polar surface area (TPSA) is 29.5 Å². The summed E-state index contributed by atoms with van der Waals surface area (Å²) in [4.78, 5) is 0. The zero-order chi connectivity index (χ0) is 18.5. The maximum atomic E-state index is 13.2. The summed E-state index contributed by atoms with van der Waals surface area (Å²) in [7, 11) is 0. The number of ether oxygens (including phenoxy) is 1. The zero-order valence-electron chi connectivity index (χ0n) is 15.7. The van der Waals surface area contributed by atoms with Crippen LogP contribution in [0.4, 0.5) is 4.39 Å². The molecular formula is C23H27FO2. The van der Waals surface area contributed by atoms with E-state index in [2.05, 4.69) is 32.9 Å². The molecule has 2 nitrogen and oxygen atoms in total. The lowest BCUT2D eigenvalue weighted by molar-refractivity contribution is -0.215. The molecule has 3 heteroatoms. The van der Waals surface area contributed by atoms with Gasteiger partial charge in [0, 0.05) is 0 Å². The van der Waals surface area contributed by atoms with E-state index in [9.17, 15) is 9.50 Å². The molecule has 2 aliphatic rings. The highest BCUT2D eigenvalue weighted by Crippen LogP contribution is 2.53. The van der Waals surface area contributed by atoms with E-state index in [1.165, 1.54) is 12.1 Å². The van der Waals surface area contributed by atoms with Crippen LogP contribution in [0.1, 0.15) is 45.3 Å². The third-order valence-electron chi connectivity index (χ3n) is 6.56. The Kier molecular flexibility index (Phi) is 4.40. The van der Waals surface area contributed by atoms with Crippen molar-refractivity contribution in [2.75, 3.05) is 0 Å². The molecule has 1 aliphatic heterocycles. The first-order valence-electron chi connectivity index (χ1n) is 9.57. The molecule has 1 heterocycles. The molecule has 1 saturated heterocycles. The first-order valence-corrected chi connectivity index (χ1v) is 9.57. The van der Waals surface area contributed by atoms with Crippen molar-refractivity contribution in [3.8, 4) is 11.1 Å². The second-order valence-electron chi connectivity index (χ2n) is 8.53. The summed E-state index contributed by atoms with van der Waals surface area (Å²) in [6.45, 7) is 6.44. The molecule has 0 radical (unpaired) electrons. The normalized spacial score (nSPS) is 33.0. The maximum absolute atomic E-state index is 13.2. The first kappa shape index (κ1) is 17.7. The third-order valence-corrected chi connectivity index (χ3v) is 6.56. The number of halogens is 1. The monoisotopic (exact) mass is 354 g/mol. The highest BCUT2D eigenvalue weighted by atomic mass is 19.1. The Hall–Kier alpha value is -1.71. The molecule has 5 atom stereocenters. The number of rotatable bonds is 2. The van der Waals surface area contributed by atoms with Crippen LogP contribution in [0.5, 0.6) is 0 Å². The van der Waals surface area contributed by atoms with Gasteiger partial charge in [0.2, 0.25) is 0 Å². The average Bonchev–Trinajstić information content (AvgIpc) is 2.62. The number of hydrogen-bond acceptors (Lipinski definition) is 2. The molecule has 0 aromatic heterocycles. The van der Waals surface area contributed by atoms with Crippen LogP contribution in [0, 0.1) is 23.6 Å². The van der Waals surface area contributed by atoms with Crippen LogP contribution >= 0.6 is 0 Å². The van der Waals surface area contributed by atoms with Gasteiger partial charge in [-0.1, -0.05) is 37.3 Å². The molecule has 1 N–H and O–H groups in total. The minimum atomic E-state index is -0.260. The average molecular weight is 354 g/mol. The second-order valence-corrected chi connectivity index (χ2v) is 8.53. The third kappa shape index (κ3) is 3.08. The Morgan fingerprint density at radius 1 is 1.04 bits per heavy atom.